The van der Waals surface area contributed by atoms with Gasteiger partial charge in [0.1, 0.15) is 11.4 Å². The van der Waals surface area contributed by atoms with Gasteiger partial charge in [-0.25, -0.2) is 14.8 Å². The third kappa shape index (κ3) is 2.87. The lowest BCUT2D eigenvalue weighted by Gasteiger charge is -2.29. The number of carbonyl (C=O) groups is 1. The van der Waals surface area contributed by atoms with E-state index in [-0.39, 0.29) is 6.09 Å². The minimum Gasteiger partial charge on any atom is -0.442 e. The average Bonchev–Trinajstić information content (AvgIpc) is 2.91. The molecule has 0 spiro atoms. The zero-order valence-electron chi connectivity index (χ0n) is 12.1. The average molecular weight is 296 g/mol. The molecule has 1 saturated heterocycles. The van der Waals surface area contributed by atoms with Crippen molar-refractivity contribution in [1.82, 2.24) is 14.4 Å². The van der Waals surface area contributed by atoms with Gasteiger partial charge >= 0.3 is 6.09 Å². The Labute approximate surface area is 122 Å². The molecular weight excluding hydrogens is 276 g/mol. The van der Waals surface area contributed by atoms with E-state index in [1.165, 1.54) is 24.4 Å². The third-order valence-electron chi connectivity index (χ3n) is 3.23. The Morgan fingerprint density at radius 2 is 2.10 bits per heavy atom. The highest BCUT2D eigenvalue weighted by molar-refractivity contribution is 7.09. The molecule has 1 saturated carbocycles. The van der Waals surface area contributed by atoms with E-state index in [4.69, 9.17) is 4.74 Å². The predicted molar refractivity (Wildman–Crippen MR) is 76.8 cm³/mol. The summed E-state index contributed by atoms with van der Waals surface area (Å²) in [7, 11) is 0. The van der Waals surface area contributed by atoms with Crippen LogP contribution in [0.5, 0.6) is 0 Å². The summed E-state index contributed by atoms with van der Waals surface area (Å²) in [6.07, 6.45) is 2.99. The Bertz CT molecular complexity index is 507. The zero-order chi connectivity index (χ0) is 14.3. The molecule has 1 aromatic rings. The highest BCUT2D eigenvalue weighted by Gasteiger charge is 2.34. The second kappa shape index (κ2) is 4.87. The summed E-state index contributed by atoms with van der Waals surface area (Å²) in [6, 6.07) is 0. The highest BCUT2D eigenvalue weighted by Crippen LogP contribution is 2.40. The highest BCUT2D eigenvalue weighted by atomic mass is 32.1. The SMILES string of the molecule is CC(C)(C)OC(=O)N1CCCN1c1nc(C2CC2)ns1. The molecule has 0 atom stereocenters. The fourth-order valence-corrected chi connectivity index (χ4v) is 2.94. The molecule has 110 valence electrons. The molecule has 2 aliphatic rings. The quantitative estimate of drug-likeness (QED) is 0.840. The number of anilines is 1. The van der Waals surface area contributed by atoms with E-state index in [9.17, 15) is 4.79 Å². The number of carbonyl (C=O) groups excluding carboxylic acids is 1. The van der Waals surface area contributed by atoms with Crippen molar-refractivity contribution in [1.29, 1.82) is 0 Å². The molecule has 6 nitrogen and oxygen atoms in total. The summed E-state index contributed by atoms with van der Waals surface area (Å²) >= 11 is 1.37. The molecule has 0 aromatic carbocycles. The van der Waals surface area contributed by atoms with Crippen LogP contribution in [0.1, 0.15) is 51.8 Å². The first kappa shape index (κ1) is 13.6. The maximum atomic E-state index is 12.2. The van der Waals surface area contributed by atoms with Gasteiger partial charge < -0.3 is 4.74 Å². The van der Waals surface area contributed by atoms with E-state index in [1.807, 2.05) is 25.8 Å². The standard InChI is InChI=1S/C13H20N4O2S/c1-13(2,3)19-12(18)17-8-4-7-16(17)11-14-10(15-20-11)9-5-6-9/h9H,4-8H2,1-3H3. The van der Waals surface area contributed by atoms with Crippen molar-refractivity contribution in [2.45, 2.75) is 51.6 Å². The maximum absolute atomic E-state index is 12.2. The molecule has 1 aliphatic carbocycles. The van der Waals surface area contributed by atoms with Crippen molar-refractivity contribution in [3.63, 3.8) is 0 Å². The fraction of sp³-hybridized carbons (Fsp3) is 0.769. The summed E-state index contributed by atoms with van der Waals surface area (Å²) in [5.74, 6) is 1.47. The summed E-state index contributed by atoms with van der Waals surface area (Å²) in [6.45, 7) is 7.09. The number of ether oxygens (including phenoxy) is 1. The van der Waals surface area contributed by atoms with Crippen molar-refractivity contribution >= 4 is 22.8 Å². The van der Waals surface area contributed by atoms with Crippen LogP contribution in [0.15, 0.2) is 0 Å². The van der Waals surface area contributed by atoms with Gasteiger partial charge in [-0.05, 0) is 40.0 Å². The number of nitrogens with zero attached hydrogens (tertiary/aromatic N) is 4. The summed E-state index contributed by atoms with van der Waals surface area (Å²) < 4.78 is 9.84. The topological polar surface area (TPSA) is 58.6 Å². The van der Waals surface area contributed by atoms with E-state index >= 15 is 0 Å². The fourth-order valence-electron chi connectivity index (χ4n) is 2.15. The molecule has 2 fully saturated rings. The van der Waals surface area contributed by atoms with Gasteiger partial charge in [-0.3, -0.25) is 5.01 Å². The molecule has 1 aromatic heterocycles. The first-order valence-electron chi connectivity index (χ1n) is 7.05. The largest absolute Gasteiger partial charge is 0.442 e. The van der Waals surface area contributed by atoms with Gasteiger partial charge in [0.05, 0.1) is 0 Å². The molecule has 0 N–H and O–H groups in total. The molecule has 0 bridgehead atoms. The molecule has 0 unspecified atom stereocenters. The Morgan fingerprint density at radius 1 is 1.35 bits per heavy atom. The van der Waals surface area contributed by atoms with E-state index in [0.29, 0.717) is 12.5 Å². The number of hydrazine groups is 1. The van der Waals surface area contributed by atoms with E-state index in [0.717, 1.165) is 23.9 Å². The van der Waals surface area contributed by atoms with Gasteiger partial charge in [0.25, 0.3) is 0 Å². The second-order valence-electron chi connectivity index (χ2n) is 6.29. The Hall–Kier alpha value is -1.37. The summed E-state index contributed by atoms with van der Waals surface area (Å²) in [4.78, 5) is 16.8. The van der Waals surface area contributed by atoms with Crippen LogP contribution in [0.2, 0.25) is 0 Å². The Balaban J connectivity index is 1.72. The first-order valence-corrected chi connectivity index (χ1v) is 7.83. The van der Waals surface area contributed by atoms with Crippen LogP contribution in [0.25, 0.3) is 0 Å². The molecule has 1 aliphatic heterocycles. The number of amides is 1. The van der Waals surface area contributed by atoms with Gasteiger partial charge in [-0.2, -0.15) is 4.37 Å². The van der Waals surface area contributed by atoms with Crippen LogP contribution in [-0.2, 0) is 4.74 Å². The molecule has 3 rings (SSSR count). The van der Waals surface area contributed by atoms with E-state index in [1.54, 1.807) is 5.01 Å². The zero-order valence-corrected chi connectivity index (χ0v) is 12.9. The van der Waals surface area contributed by atoms with Crippen molar-refractivity contribution in [2.75, 3.05) is 18.1 Å². The molecule has 1 amide bonds. The normalized spacial score (nSPS) is 19.6. The predicted octanol–water partition coefficient (Wildman–Crippen LogP) is 2.78. The molecule has 0 radical (unpaired) electrons. The Morgan fingerprint density at radius 3 is 2.75 bits per heavy atom. The van der Waals surface area contributed by atoms with Gasteiger partial charge in [0.15, 0.2) is 0 Å². The van der Waals surface area contributed by atoms with Gasteiger partial charge in [-0.15, -0.1) is 0 Å². The lowest BCUT2D eigenvalue weighted by molar-refractivity contribution is 0.0274. The number of aromatic nitrogens is 2. The minimum absolute atomic E-state index is 0.307. The monoisotopic (exact) mass is 296 g/mol. The summed E-state index contributed by atoms with van der Waals surface area (Å²) in [5.41, 5.74) is -0.481. The minimum atomic E-state index is -0.481. The van der Waals surface area contributed by atoms with Crippen molar-refractivity contribution < 1.29 is 9.53 Å². The lowest BCUT2D eigenvalue weighted by atomic mass is 10.2. The molecule has 20 heavy (non-hydrogen) atoms. The summed E-state index contributed by atoms with van der Waals surface area (Å²) in [5, 5.41) is 4.34. The van der Waals surface area contributed by atoms with Crippen molar-refractivity contribution in [3.8, 4) is 0 Å². The van der Waals surface area contributed by atoms with Crippen LogP contribution in [0, 0.1) is 0 Å². The van der Waals surface area contributed by atoms with Crippen LogP contribution in [0.3, 0.4) is 0 Å². The lowest BCUT2D eigenvalue weighted by Crippen LogP contribution is -2.44. The van der Waals surface area contributed by atoms with Crippen LogP contribution in [0.4, 0.5) is 9.93 Å². The van der Waals surface area contributed by atoms with Crippen molar-refractivity contribution in [2.24, 2.45) is 0 Å². The molecule has 2 heterocycles. The van der Waals surface area contributed by atoms with Crippen molar-refractivity contribution in [3.05, 3.63) is 5.82 Å². The van der Waals surface area contributed by atoms with Gasteiger partial charge in [-0.1, -0.05) is 0 Å². The molecule has 7 heteroatoms. The number of hydrogen-bond donors (Lipinski definition) is 0. The maximum Gasteiger partial charge on any atom is 0.429 e. The van der Waals surface area contributed by atoms with Gasteiger partial charge in [0, 0.05) is 30.5 Å². The van der Waals surface area contributed by atoms with Crippen LogP contribution >= 0.6 is 11.5 Å². The second-order valence-corrected chi connectivity index (χ2v) is 7.02. The van der Waals surface area contributed by atoms with Gasteiger partial charge in [0.2, 0.25) is 5.13 Å². The smallest absolute Gasteiger partial charge is 0.429 e. The van der Waals surface area contributed by atoms with E-state index in [2.05, 4.69) is 9.36 Å². The van der Waals surface area contributed by atoms with Crippen LogP contribution < -0.4 is 5.01 Å². The van der Waals surface area contributed by atoms with E-state index < -0.39 is 5.60 Å². The Kier molecular flexibility index (Phi) is 3.32. The first-order chi connectivity index (χ1) is 9.44. The van der Waals surface area contributed by atoms with Crippen LogP contribution in [-0.4, -0.2) is 39.2 Å². The third-order valence-corrected chi connectivity index (χ3v) is 3.97. The molecular formula is C13H20N4O2S. The number of rotatable bonds is 2. The number of hydrogen-bond acceptors (Lipinski definition) is 6.